The summed E-state index contributed by atoms with van der Waals surface area (Å²) in [5, 5.41) is 22.0. The monoisotopic (exact) mass is 784 g/mol. The lowest BCUT2D eigenvalue weighted by Gasteiger charge is -2.23. The van der Waals surface area contributed by atoms with E-state index in [-0.39, 0.29) is 55.5 Å². The standard InChI is InChI=1S/C41H37BrO11/c1-17-14-25(43)16-29(50-9)31(17)40(48)53-37-24(8)22(6)33(35(44)34(37)42)41(49)51-28-15-18(2)30(20(4)19(28)3)39(47)52-36-23(7)21(5)32(38(45)46)26-12-10-11-13-27(26)36/h10-16,31,44H,1-9H3,(H,45,46). The van der Waals surface area contributed by atoms with Crippen LogP contribution in [-0.2, 0) is 14.3 Å². The molecule has 11 nitrogen and oxygen atoms in total. The van der Waals surface area contributed by atoms with Crippen LogP contribution in [0, 0.1) is 54.4 Å². The molecular formula is C41H37BrO11. The maximum atomic E-state index is 13.8. The third-order valence-corrected chi connectivity index (χ3v) is 10.5. The van der Waals surface area contributed by atoms with Crippen LogP contribution in [0.15, 0.2) is 58.3 Å². The normalized spacial score (nSPS) is 14.0. The van der Waals surface area contributed by atoms with E-state index in [9.17, 15) is 34.2 Å². The zero-order valence-electron chi connectivity index (χ0n) is 30.6. The molecule has 0 saturated heterocycles. The van der Waals surface area contributed by atoms with Gasteiger partial charge in [0, 0.05) is 16.8 Å². The highest BCUT2D eigenvalue weighted by Gasteiger charge is 2.34. The van der Waals surface area contributed by atoms with Gasteiger partial charge in [0.15, 0.2) is 11.5 Å². The molecule has 4 aromatic rings. The van der Waals surface area contributed by atoms with Crippen molar-refractivity contribution in [2.75, 3.05) is 7.11 Å². The van der Waals surface area contributed by atoms with Gasteiger partial charge in [-0.1, -0.05) is 24.3 Å². The number of aromatic carboxylic acids is 1. The van der Waals surface area contributed by atoms with Crippen LogP contribution in [0.1, 0.15) is 76.9 Å². The lowest BCUT2D eigenvalue weighted by atomic mass is 9.92. The number of fused-ring (bicyclic) bond motifs is 1. The minimum Gasteiger partial charge on any atom is -0.506 e. The molecule has 2 N–H and O–H groups in total. The fourth-order valence-electron chi connectivity index (χ4n) is 6.55. The number of ether oxygens (including phenoxy) is 4. The summed E-state index contributed by atoms with van der Waals surface area (Å²) in [7, 11) is 1.34. The molecule has 0 bridgehead atoms. The summed E-state index contributed by atoms with van der Waals surface area (Å²) >= 11 is 3.27. The average molecular weight is 786 g/mol. The maximum absolute atomic E-state index is 13.8. The highest BCUT2D eigenvalue weighted by atomic mass is 79.9. The maximum Gasteiger partial charge on any atom is 0.347 e. The Morgan fingerprint density at radius 2 is 1.26 bits per heavy atom. The lowest BCUT2D eigenvalue weighted by Crippen LogP contribution is -2.28. The van der Waals surface area contributed by atoms with Gasteiger partial charge in [-0.3, -0.25) is 9.59 Å². The Bertz CT molecular complexity index is 2340. The molecule has 0 radical (unpaired) electrons. The van der Waals surface area contributed by atoms with Gasteiger partial charge in [0.1, 0.15) is 39.0 Å². The number of esters is 3. The van der Waals surface area contributed by atoms with E-state index in [2.05, 4.69) is 15.9 Å². The van der Waals surface area contributed by atoms with Crippen LogP contribution < -0.4 is 14.2 Å². The Labute approximate surface area is 313 Å². The predicted molar refractivity (Wildman–Crippen MR) is 199 cm³/mol. The van der Waals surface area contributed by atoms with Crippen LogP contribution >= 0.6 is 15.9 Å². The third kappa shape index (κ3) is 6.82. The van der Waals surface area contributed by atoms with Crippen molar-refractivity contribution < 1.29 is 53.1 Å². The number of carboxylic acid groups (broad SMARTS) is 1. The zero-order chi connectivity index (χ0) is 39.2. The molecule has 1 aliphatic rings. The zero-order valence-corrected chi connectivity index (χ0v) is 32.2. The molecule has 0 heterocycles. The summed E-state index contributed by atoms with van der Waals surface area (Å²) in [6.45, 7) is 13.2. The molecule has 1 aliphatic carbocycles. The Morgan fingerprint density at radius 1 is 0.698 bits per heavy atom. The smallest absolute Gasteiger partial charge is 0.347 e. The highest BCUT2D eigenvalue weighted by molar-refractivity contribution is 9.10. The van der Waals surface area contributed by atoms with Gasteiger partial charge in [-0.2, -0.15) is 0 Å². The molecule has 4 aromatic carbocycles. The molecule has 53 heavy (non-hydrogen) atoms. The quantitative estimate of drug-likeness (QED) is 0.131. The van der Waals surface area contributed by atoms with Crippen molar-refractivity contribution in [3.05, 3.63) is 114 Å². The van der Waals surface area contributed by atoms with Crippen molar-refractivity contribution in [2.24, 2.45) is 5.92 Å². The molecule has 0 aromatic heterocycles. The van der Waals surface area contributed by atoms with Crippen molar-refractivity contribution in [3.63, 3.8) is 0 Å². The van der Waals surface area contributed by atoms with Crippen LogP contribution in [0.25, 0.3) is 10.8 Å². The summed E-state index contributed by atoms with van der Waals surface area (Å²) in [4.78, 5) is 64.8. The number of aromatic hydroxyl groups is 1. The largest absolute Gasteiger partial charge is 0.506 e. The molecule has 1 atom stereocenters. The number of carbonyl (C=O) groups excluding carboxylic acids is 4. The van der Waals surface area contributed by atoms with E-state index >= 15 is 0 Å². The Hall–Kier alpha value is -5.75. The van der Waals surface area contributed by atoms with Gasteiger partial charge in [0.05, 0.1) is 18.2 Å². The Morgan fingerprint density at radius 3 is 1.89 bits per heavy atom. The fraction of sp³-hybridized carbons (Fsp3) is 0.244. The van der Waals surface area contributed by atoms with Crippen molar-refractivity contribution in [3.8, 4) is 23.0 Å². The van der Waals surface area contributed by atoms with E-state index < -0.39 is 35.5 Å². The second-order valence-electron chi connectivity index (χ2n) is 12.9. The van der Waals surface area contributed by atoms with Crippen LogP contribution in [0.4, 0.5) is 0 Å². The first-order valence-corrected chi connectivity index (χ1v) is 17.2. The van der Waals surface area contributed by atoms with E-state index in [4.69, 9.17) is 18.9 Å². The molecule has 12 heteroatoms. The number of allylic oxidation sites excluding steroid dienone is 2. The van der Waals surface area contributed by atoms with Crippen LogP contribution in [0.5, 0.6) is 23.0 Å². The lowest BCUT2D eigenvalue weighted by molar-refractivity contribution is -0.137. The number of halogens is 1. The van der Waals surface area contributed by atoms with Gasteiger partial charge < -0.3 is 29.2 Å². The second kappa shape index (κ2) is 14.7. The number of carboxylic acids is 1. The van der Waals surface area contributed by atoms with E-state index in [0.717, 1.165) is 0 Å². The molecule has 0 saturated carbocycles. The summed E-state index contributed by atoms with van der Waals surface area (Å²) in [5.41, 5.74) is 3.65. The van der Waals surface area contributed by atoms with Gasteiger partial charge >= 0.3 is 23.9 Å². The first-order chi connectivity index (χ1) is 24.9. The Kier molecular flexibility index (Phi) is 10.7. The van der Waals surface area contributed by atoms with Crippen molar-refractivity contribution >= 4 is 56.4 Å². The van der Waals surface area contributed by atoms with Gasteiger partial charge in [-0.25, -0.2) is 14.4 Å². The van der Waals surface area contributed by atoms with Gasteiger partial charge in [-0.05, 0) is 128 Å². The minimum absolute atomic E-state index is 0.0248. The number of ketones is 1. The molecule has 5 rings (SSSR count). The number of phenols is 1. The van der Waals surface area contributed by atoms with E-state index in [1.54, 1.807) is 79.7 Å². The average Bonchev–Trinajstić information content (AvgIpc) is 3.09. The van der Waals surface area contributed by atoms with E-state index in [1.807, 2.05) is 0 Å². The fourth-order valence-corrected chi connectivity index (χ4v) is 7.13. The van der Waals surface area contributed by atoms with Gasteiger partial charge in [0.25, 0.3) is 0 Å². The number of aryl methyl sites for hydroxylation is 1. The Balaban J connectivity index is 1.44. The summed E-state index contributed by atoms with van der Waals surface area (Å²) in [6, 6.07) is 8.34. The number of hydrogen-bond acceptors (Lipinski definition) is 10. The summed E-state index contributed by atoms with van der Waals surface area (Å²) in [5.74, 6) is -4.77. The number of methoxy groups -OCH3 is 1. The van der Waals surface area contributed by atoms with Gasteiger partial charge in [0.2, 0.25) is 0 Å². The summed E-state index contributed by atoms with van der Waals surface area (Å²) < 4.78 is 22.7. The second-order valence-corrected chi connectivity index (χ2v) is 13.7. The molecule has 1 unspecified atom stereocenters. The van der Waals surface area contributed by atoms with E-state index in [0.29, 0.717) is 49.7 Å². The predicted octanol–water partition coefficient (Wildman–Crippen LogP) is 8.18. The first-order valence-electron chi connectivity index (χ1n) is 16.4. The number of rotatable bonds is 8. The van der Waals surface area contributed by atoms with Gasteiger partial charge in [-0.15, -0.1) is 0 Å². The van der Waals surface area contributed by atoms with Crippen molar-refractivity contribution in [1.82, 2.24) is 0 Å². The topological polar surface area (TPSA) is 163 Å². The molecule has 0 spiro atoms. The molecule has 0 amide bonds. The first kappa shape index (κ1) is 38.5. The number of phenolic OH excluding ortho intramolecular Hbond substituents is 1. The summed E-state index contributed by atoms with van der Waals surface area (Å²) in [6.07, 6.45) is 2.51. The number of carbonyl (C=O) groups is 5. The van der Waals surface area contributed by atoms with Crippen LogP contribution in [0.3, 0.4) is 0 Å². The number of hydrogen-bond donors (Lipinski definition) is 2. The molecule has 0 aliphatic heterocycles. The SMILES string of the molecule is COC1=CC(=O)C=C(C)C1C(=O)Oc1c(C)c(C)c(C(=O)Oc2cc(C)c(C(=O)Oc3c(C)c(C)c(C(=O)O)c4ccccc34)c(C)c2C)c(O)c1Br. The number of benzene rings is 4. The molecular weight excluding hydrogens is 748 g/mol. The van der Waals surface area contributed by atoms with Crippen LogP contribution in [-0.4, -0.2) is 47.0 Å². The molecule has 274 valence electrons. The van der Waals surface area contributed by atoms with Crippen LogP contribution in [0.2, 0.25) is 0 Å². The van der Waals surface area contributed by atoms with E-state index in [1.165, 1.54) is 25.3 Å². The van der Waals surface area contributed by atoms with Crippen molar-refractivity contribution in [2.45, 2.75) is 55.4 Å². The third-order valence-electron chi connectivity index (χ3n) is 9.78. The molecule has 0 fully saturated rings. The minimum atomic E-state index is -1.08. The highest BCUT2D eigenvalue weighted by Crippen LogP contribution is 2.44. The van der Waals surface area contributed by atoms with Crippen molar-refractivity contribution in [1.29, 1.82) is 0 Å².